The van der Waals surface area contributed by atoms with Crippen molar-refractivity contribution in [3.63, 3.8) is 0 Å². The van der Waals surface area contributed by atoms with E-state index in [0.29, 0.717) is 5.00 Å². The highest BCUT2D eigenvalue weighted by molar-refractivity contribution is 7.20. The normalized spacial score (nSPS) is 11.2. The molecule has 2 aromatic heterocycles. The molecule has 0 spiro atoms. The first kappa shape index (κ1) is 18.1. The number of hydrogen-bond donors (Lipinski definition) is 1. The Kier molecular flexibility index (Phi) is 5.04. The zero-order valence-electron chi connectivity index (χ0n) is 14.7. The third-order valence-corrected chi connectivity index (χ3v) is 4.55. The number of benzene rings is 1. The lowest BCUT2D eigenvalue weighted by molar-refractivity contribution is 0.0636. The van der Waals surface area contributed by atoms with Crippen molar-refractivity contribution in [3.05, 3.63) is 60.7 Å². The topological polar surface area (TPSA) is 51.2 Å². The zero-order chi connectivity index (χ0) is 18.7. The molecular formula is C20H19FN2O2S. The molecule has 4 nitrogen and oxygen atoms in total. The molecule has 0 fully saturated rings. The average Bonchev–Trinajstić information content (AvgIpc) is 2.98. The van der Waals surface area contributed by atoms with Gasteiger partial charge in [0, 0.05) is 22.8 Å². The summed E-state index contributed by atoms with van der Waals surface area (Å²) in [6.45, 7) is 5.44. The summed E-state index contributed by atoms with van der Waals surface area (Å²) in [4.78, 5) is 17.1. The van der Waals surface area contributed by atoms with E-state index in [-0.39, 0.29) is 5.82 Å². The smallest absolute Gasteiger partial charge is 0.412 e. The monoisotopic (exact) mass is 370 g/mol. The standard InChI is InChI=1S/C20H19FN2O2S/c1-20(2,3)25-19(24)23-17-12-16(13-8-10-22-11-9-13)18(26-17)14-4-6-15(21)7-5-14/h4-12H,1-3H3,(H,23,24). The number of hydrogen-bond acceptors (Lipinski definition) is 4. The van der Waals surface area contributed by atoms with Crippen LogP contribution in [0.1, 0.15) is 20.8 Å². The number of thiophene rings is 1. The first-order chi connectivity index (χ1) is 12.3. The maximum absolute atomic E-state index is 13.3. The van der Waals surface area contributed by atoms with Gasteiger partial charge >= 0.3 is 6.09 Å². The van der Waals surface area contributed by atoms with Crippen molar-refractivity contribution in [2.75, 3.05) is 5.32 Å². The van der Waals surface area contributed by atoms with E-state index in [1.54, 1.807) is 24.5 Å². The van der Waals surface area contributed by atoms with Crippen molar-refractivity contribution in [1.29, 1.82) is 0 Å². The Morgan fingerprint density at radius 1 is 1.08 bits per heavy atom. The molecule has 0 saturated carbocycles. The minimum absolute atomic E-state index is 0.289. The van der Waals surface area contributed by atoms with Gasteiger partial charge in [0.2, 0.25) is 0 Å². The Hall–Kier alpha value is -2.73. The number of pyridine rings is 1. The van der Waals surface area contributed by atoms with Crippen LogP contribution in [0.5, 0.6) is 0 Å². The van der Waals surface area contributed by atoms with E-state index in [2.05, 4.69) is 10.3 Å². The van der Waals surface area contributed by atoms with Crippen molar-refractivity contribution in [1.82, 2.24) is 4.98 Å². The molecule has 0 aliphatic heterocycles. The number of nitrogens with one attached hydrogen (secondary N) is 1. The van der Waals surface area contributed by atoms with Crippen molar-refractivity contribution in [2.24, 2.45) is 0 Å². The second-order valence-electron chi connectivity index (χ2n) is 6.72. The first-order valence-corrected chi connectivity index (χ1v) is 8.94. The van der Waals surface area contributed by atoms with Crippen LogP contribution in [0.25, 0.3) is 21.6 Å². The summed E-state index contributed by atoms with van der Waals surface area (Å²) < 4.78 is 18.6. The molecule has 3 aromatic rings. The van der Waals surface area contributed by atoms with Crippen molar-refractivity contribution in [3.8, 4) is 21.6 Å². The Balaban J connectivity index is 1.98. The fourth-order valence-electron chi connectivity index (χ4n) is 2.42. The van der Waals surface area contributed by atoms with Crippen LogP contribution in [0.15, 0.2) is 54.9 Å². The molecule has 0 atom stereocenters. The van der Waals surface area contributed by atoms with Gasteiger partial charge < -0.3 is 4.74 Å². The number of ether oxygens (including phenoxy) is 1. The minimum Gasteiger partial charge on any atom is -0.444 e. The summed E-state index contributed by atoms with van der Waals surface area (Å²) >= 11 is 1.41. The van der Waals surface area contributed by atoms with E-state index < -0.39 is 11.7 Å². The number of carbonyl (C=O) groups excluding carboxylic acids is 1. The lowest BCUT2D eigenvalue weighted by Gasteiger charge is -2.19. The highest BCUT2D eigenvalue weighted by Gasteiger charge is 2.19. The van der Waals surface area contributed by atoms with Gasteiger partial charge in [0.05, 0.1) is 5.00 Å². The molecule has 1 amide bonds. The molecule has 1 aromatic carbocycles. The van der Waals surface area contributed by atoms with Crippen molar-refractivity contribution >= 4 is 22.4 Å². The van der Waals surface area contributed by atoms with E-state index >= 15 is 0 Å². The molecule has 26 heavy (non-hydrogen) atoms. The molecule has 0 aliphatic carbocycles. The molecule has 0 radical (unpaired) electrons. The molecular weight excluding hydrogens is 351 g/mol. The van der Waals surface area contributed by atoms with E-state index in [4.69, 9.17) is 4.74 Å². The van der Waals surface area contributed by atoms with Gasteiger partial charge in [-0.15, -0.1) is 11.3 Å². The second-order valence-corrected chi connectivity index (χ2v) is 7.78. The first-order valence-electron chi connectivity index (χ1n) is 8.12. The molecule has 134 valence electrons. The van der Waals surface area contributed by atoms with Crippen molar-refractivity contribution in [2.45, 2.75) is 26.4 Å². The molecule has 0 saturated heterocycles. The third-order valence-electron chi connectivity index (χ3n) is 3.45. The fourth-order valence-corrected chi connectivity index (χ4v) is 3.49. The Morgan fingerprint density at radius 2 is 1.73 bits per heavy atom. The molecule has 1 N–H and O–H groups in total. The third kappa shape index (κ3) is 4.46. The van der Waals surface area contributed by atoms with Crippen LogP contribution in [0.3, 0.4) is 0 Å². The Morgan fingerprint density at radius 3 is 2.35 bits per heavy atom. The summed E-state index contributed by atoms with van der Waals surface area (Å²) in [6, 6.07) is 12.0. The summed E-state index contributed by atoms with van der Waals surface area (Å²) in [5.74, 6) is -0.289. The van der Waals surface area contributed by atoms with E-state index in [1.807, 2.05) is 39.0 Å². The maximum atomic E-state index is 13.3. The highest BCUT2D eigenvalue weighted by Crippen LogP contribution is 2.41. The molecule has 6 heteroatoms. The van der Waals surface area contributed by atoms with Gasteiger partial charge in [0.15, 0.2) is 0 Å². The lowest BCUT2D eigenvalue weighted by atomic mass is 10.0. The van der Waals surface area contributed by atoms with Gasteiger partial charge in [-0.05, 0) is 62.2 Å². The highest BCUT2D eigenvalue weighted by atomic mass is 32.1. The predicted octanol–water partition coefficient (Wildman–Crippen LogP) is 5.96. The quantitative estimate of drug-likeness (QED) is 0.618. The lowest BCUT2D eigenvalue weighted by Crippen LogP contribution is -2.26. The van der Waals surface area contributed by atoms with Crippen LogP contribution >= 0.6 is 11.3 Å². The number of halogens is 1. The summed E-state index contributed by atoms with van der Waals surface area (Å²) in [7, 11) is 0. The number of carbonyl (C=O) groups is 1. The summed E-state index contributed by atoms with van der Waals surface area (Å²) in [5, 5.41) is 3.44. The fraction of sp³-hybridized carbons (Fsp3) is 0.200. The molecule has 3 rings (SSSR count). The van der Waals surface area contributed by atoms with E-state index in [1.165, 1.54) is 23.5 Å². The van der Waals surface area contributed by atoms with Gasteiger partial charge in [-0.3, -0.25) is 10.3 Å². The van der Waals surface area contributed by atoms with Crippen LogP contribution in [-0.4, -0.2) is 16.7 Å². The maximum Gasteiger partial charge on any atom is 0.412 e. The van der Waals surface area contributed by atoms with Gasteiger partial charge in [-0.2, -0.15) is 0 Å². The zero-order valence-corrected chi connectivity index (χ0v) is 15.6. The van der Waals surface area contributed by atoms with Crippen LogP contribution < -0.4 is 5.32 Å². The van der Waals surface area contributed by atoms with Crippen LogP contribution in [-0.2, 0) is 4.74 Å². The number of aromatic nitrogens is 1. The van der Waals surface area contributed by atoms with E-state index in [9.17, 15) is 9.18 Å². The van der Waals surface area contributed by atoms with E-state index in [0.717, 1.165) is 21.6 Å². The SMILES string of the molecule is CC(C)(C)OC(=O)Nc1cc(-c2ccncc2)c(-c2ccc(F)cc2)s1. The Bertz CT molecular complexity index is 900. The van der Waals surface area contributed by atoms with Crippen LogP contribution in [0.4, 0.5) is 14.2 Å². The van der Waals surface area contributed by atoms with Crippen LogP contribution in [0, 0.1) is 5.82 Å². The number of nitrogens with zero attached hydrogens (tertiary/aromatic N) is 1. The average molecular weight is 370 g/mol. The van der Waals surface area contributed by atoms with Crippen LogP contribution in [0.2, 0.25) is 0 Å². The number of anilines is 1. The largest absolute Gasteiger partial charge is 0.444 e. The van der Waals surface area contributed by atoms with Crippen molar-refractivity contribution < 1.29 is 13.9 Å². The van der Waals surface area contributed by atoms with Gasteiger partial charge in [0.1, 0.15) is 11.4 Å². The number of rotatable bonds is 3. The van der Waals surface area contributed by atoms with Gasteiger partial charge in [-0.1, -0.05) is 12.1 Å². The predicted molar refractivity (Wildman–Crippen MR) is 103 cm³/mol. The Labute approximate surface area is 155 Å². The van der Waals surface area contributed by atoms with Gasteiger partial charge in [0.25, 0.3) is 0 Å². The molecule has 0 bridgehead atoms. The van der Waals surface area contributed by atoms with Gasteiger partial charge in [-0.25, -0.2) is 9.18 Å². The molecule has 2 heterocycles. The second kappa shape index (κ2) is 7.25. The molecule has 0 aliphatic rings. The number of amides is 1. The summed E-state index contributed by atoms with van der Waals surface area (Å²) in [6.07, 6.45) is 2.91. The minimum atomic E-state index is -0.574. The summed E-state index contributed by atoms with van der Waals surface area (Å²) in [5.41, 5.74) is 2.21. The molecule has 0 unspecified atom stereocenters.